The van der Waals surface area contributed by atoms with Crippen LogP contribution in [0.3, 0.4) is 0 Å². The van der Waals surface area contributed by atoms with Gasteiger partial charge in [-0.05, 0) is 60.2 Å². The maximum Gasteiger partial charge on any atom is 0.343 e. The Kier molecular flexibility index (Phi) is 8.64. The number of halogens is 3. The summed E-state index contributed by atoms with van der Waals surface area (Å²) in [5.74, 6) is -2.01. The van der Waals surface area contributed by atoms with Gasteiger partial charge in [0.1, 0.15) is 0 Å². The Hall–Kier alpha value is -3.40. The predicted octanol–water partition coefficient (Wildman–Crippen LogP) is 5.07. The molecule has 0 unspecified atom stereocenters. The molecule has 34 heavy (non-hydrogen) atoms. The van der Waals surface area contributed by atoms with E-state index >= 15 is 0 Å². The minimum absolute atomic E-state index is 0.203. The van der Waals surface area contributed by atoms with Crippen molar-refractivity contribution < 1.29 is 23.9 Å². The minimum atomic E-state index is -0.992. The molecule has 0 aliphatic heterocycles. The molecule has 0 aromatic heterocycles. The maximum absolute atomic E-state index is 12.4. The Morgan fingerprint density at radius 2 is 1.74 bits per heavy atom. The van der Waals surface area contributed by atoms with Crippen molar-refractivity contribution in [2.24, 2.45) is 5.10 Å². The van der Waals surface area contributed by atoms with Crippen molar-refractivity contribution in [3.8, 4) is 11.5 Å². The summed E-state index contributed by atoms with van der Waals surface area (Å²) in [6.45, 7) is 0. The van der Waals surface area contributed by atoms with Gasteiger partial charge in [0, 0.05) is 10.2 Å². The molecular formula is C23H16BrCl2N3O5. The van der Waals surface area contributed by atoms with E-state index in [1.807, 2.05) is 0 Å². The average Bonchev–Trinajstić information content (AvgIpc) is 2.82. The molecule has 0 fully saturated rings. The van der Waals surface area contributed by atoms with Crippen molar-refractivity contribution in [3.63, 3.8) is 0 Å². The molecule has 0 aliphatic rings. The fraction of sp³-hybridized carbons (Fsp3) is 0.0435. The molecular weight excluding hydrogens is 549 g/mol. The van der Waals surface area contributed by atoms with Crippen LogP contribution in [0.1, 0.15) is 15.9 Å². The Morgan fingerprint density at radius 1 is 0.941 bits per heavy atom. The van der Waals surface area contributed by atoms with Crippen LogP contribution in [-0.2, 0) is 9.59 Å². The highest BCUT2D eigenvalue weighted by Crippen LogP contribution is 2.29. The molecule has 0 bridgehead atoms. The van der Waals surface area contributed by atoms with Crippen molar-refractivity contribution in [2.75, 3.05) is 12.4 Å². The van der Waals surface area contributed by atoms with E-state index in [9.17, 15) is 14.4 Å². The third-order valence-corrected chi connectivity index (χ3v) is 5.45. The zero-order chi connectivity index (χ0) is 24.7. The number of nitrogens with zero attached hydrogens (tertiary/aromatic N) is 1. The molecule has 0 spiro atoms. The number of rotatable bonds is 6. The fourth-order valence-electron chi connectivity index (χ4n) is 2.60. The van der Waals surface area contributed by atoms with Crippen LogP contribution in [-0.4, -0.2) is 31.1 Å². The standard InChI is InChI=1S/C23H16BrCl2N3O5/c1-33-20-9-13(5-8-19(20)34-23(32)14-3-2-4-15(24)10-14)12-27-29-22(31)21(30)28-16-6-7-17(25)18(26)11-16/h2-12H,1H3,(H,28,30)(H,29,31). The van der Waals surface area contributed by atoms with Gasteiger partial charge in [0.15, 0.2) is 11.5 Å². The van der Waals surface area contributed by atoms with Crippen molar-refractivity contribution in [1.82, 2.24) is 5.43 Å². The summed E-state index contributed by atoms with van der Waals surface area (Å²) in [7, 11) is 1.42. The van der Waals surface area contributed by atoms with Crippen LogP contribution >= 0.6 is 39.1 Å². The fourth-order valence-corrected chi connectivity index (χ4v) is 3.30. The highest BCUT2D eigenvalue weighted by molar-refractivity contribution is 9.10. The first-order valence-corrected chi connectivity index (χ1v) is 11.1. The molecule has 2 amide bonds. The second-order valence-corrected chi connectivity index (χ2v) is 8.32. The first kappa shape index (κ1) is 25.2. The molecule has 0 aliphatic carbocycles. The number of hydrogen-bond acceptors (Lipinski definition) is 6. The van der Waals surface area contributed by atoms with E-state index in [1.165, 1.54) is 37.6 Å². The number of ether oxygens (including phenoxy) is 2. The Morgan fingerprint density at radius 3 is 2.44 bits per heavy atom. The van der Waals surface area contributed by atoms with Crippen LogP contribution in [0, 0.1) is 0 Å². The summed E-state index contributed by atoms with van der Waals surface area (Å²) in [5, 5.41) is 6.69. The number of methoxy groups -OCH3 is 1. The number of esters is 1. The Labute approximate surface area is 213 Å². The number of anilines is 1. The van der Waals surface area contributed by atoms with Crippen LogP contribution in [0.2, 0.25) is 10.0 Å². The van der Waals surface area contributed by atoms with Gasteiger partial charge in [0.2, 0.25) is 0 Å². The van der Waals surface area contributed by atoms with E-state index in [1.54, 1.807) is 36.4 Å². The SMILES string of the molecule is COc1cc(C=NNC(=O)C(=O)Nc2ccc(Cl)c(Cl)c2)ccc1OC(=O)c1cccc(Br)c1. The van der Waals surface area contributed by atoms with Gasteiger partial charge >= 0.3 is 17.8 Å². The summed E-state index contributed by atoms with van der Waals surface area (Å²) in [5.41, 5.74) is 3.30. The molecule has 0 heterocycles. The Bertz CT molecular complexity index is 1280. The smallest absolute Gasteiger partial charge is 0.343 e. The topological polar surface area (TPSA) is 106 Å². The van der Waals surface area contributed by atoms with E-state index in [0.717, 1.165) is 4.47 Å². The maximum atomic E-state index is 12.4. The van der Waals surface area contributed by atoms with Gasteiger partial charge < -0.3 is 14.8 Å². The number of amides is 2. The van der Waals surface area contributed by atoms with Gasteiger partial charge in [-0.25, -0.2) is 10.2 Å². The third-order valence-electron chi connectivity index (χ3n) is 4.21. The van der Waals surface area contributed by atoms with E-state index in [4.69, 9.17) is 32.7 Å². The van der Waals surface area contributed by atoms with E-state index in [-0.39, 0.29) is 16.5 Å². The third kappa shape index (κ3) is 6.80. The zero-order valence-corrected chi connectivity index (χ0v) is 20.6. The monoisotopic (exact) mass is 563 g/mol. The van der Waals surface area contributed by atoms with Gasteiger partial charge in [-0.1, -0.05) is 45.2 Å². The second-order valence-electron chi connectivity index (χ2n) is 6.59. The molecule has 8 nitrogen and oxygen atoms in total. The number of carbonyl (C=O) groups excluding carboxylic acids is 3. The van der Waals surface area contributed by atoms with Crippen LogP contribution in [0.4, 0.5) is 5.69 Å². The first-order chi connectivity index (χ1) is 16.3. The minimum Gasteiger partial charge on any atom is -0.493 e. The van der Waals surface area contributed by atoms with E-state index in [2.05, 4.69) is 31.8 Å². The number of carbonyl (C=O) groups is 3. The van der Waals surface area contributed by atoms with Crippen molar-refractivity contribution >= 4 is 68.8 Å². The lowest BCUT2D eigenvalue weighted by Gasteiger charge is -2.10. The van der Waals surface area contributed by atoms with Crippen molar-refractivity contribution in [3.05, 3.63) is 86.3 Å². The second kappa shape index (κ2) is 11.6. The zero-order valence-electron chi connectivity index (χ0n) is 17.5. The van der Waals surface area contributed by atoms with Gasteiger partial charge in [-0.15, -0.1) is 0 Å². The average molecular weight is 565 g/mol. The van der Waals surface area contributed by atoms with Crippen LogP contribution < -0.4 is 20.2 Å². The molecule has 3 rings (SSSR count). The molecule has 174 valence electrons. The number of hydrogen-bond donors (Lipinski definition) is 2. The summed E-state index contributed by atoms with van der Waals surface area (Å²) >= 11 is 15.0. The van der Waals surface area contributed by atoms with Crippen molar-refractivity contribution in [1.29, 1.82) is 0 Å². The van der Waals surface area contributed by atoms with Crippen LogP contribution in [0.25, 0.3) is 0 Å². The quantitative estimate of drug-likeness (QED) is 0.143. The highest BCUT2D eigenvalue weighted by atomic mass is 79.9. The first-order valence-electron chi connectivity index (χ1n) is 9.52. The summed E-state index contributed by atoms with van der Waals surface area (Å²) in [4.78, 5) is 36.3. The lowest BCUT2D eigenvalue weighted by atomic mass is 10.2. The highest BCUT2D eigenvalue weighted by Gasteiger charge is 2.15. The molecule has 0 saturated heterocycles. The van der Waals surface area contributed by atoms with E-state index in [0.29, 0.717) is 21.8 Å². The molecule has 0 radical (unpaired) electrons. The molecule has 2 N–H and O–H groups in total. The molecule has 3 aromatic carbocycles. The van der Waals surface area contributed by atoms with Crippen molar-refractivity contribution in [2.45, 2.75) is 0 Å². The molecule has 11 heteroatoms. The van der Waals surface area contributed by atoms with Crippen LogP contribution in [0.15, 0.2) is 70.2 Å². The Balaban J connectivity index is 1.61. The van der Waals surface area contributed by atoms with Crippen LogP contribution in [0.5, 0.6) is 11.5 Å². The van der Waals surface area contributed by atoms with Gasteiger partial charge in [-0.2, -0.15) is 5.10 Å². The van der Waals surface area contributed by atoms with Gasteiger partial charge in [0.05, 0.1) is 28.9 Å². The predicted molar refractivity (Wildman–Crippen MR) is 133 cm³/mol. The number of benzene rings is 3. The largest absolute Gasteiger partial charge is 0.493 e. The van der Waals surface area contributed by atoms with E-state index < -0.39 is 17.8 Å². The number of hydrazone groups is 1. The summed E-state index contributed by atoms with van der Waals surface area (Å²) < 4.78 is 11.4. The number of nitrogens with one attached hydrogen (secondary N) is 2. The normalized spacial score (nSPS) is 10.6. The molecule has 3 aromatic rings. The van der Waals surface area contributed by atoms with Gasteiger partial charge in [0.25, 0.3) is 0 Å². The molecule has 0 saturated carbocycles. The summed E-state index contributed by atoms with van der Waals surface area (Å²) in [6.07, 6.45) is 1.30. The lowest BCUT2D eigenvalue weighted by molar-refractivity contribution is -0.136. The lowest BCUT2D eigenvalue weighted by Crippen LogP contribution is -2.32. The van der Waals surface area contributed by atoms with Gasteiger partial charge in [-0.3, -0.25) is 9.59 Å². The summed E-state index contributed by atoms with van der Waals surface area (Å²) in [6, 6.07) is 15.8. The molecule has 0 atom stereocenters.